The molecule has 0 saturated carbocycles. The molecule has 0 aromatic carbocycles. The Balaban J connectivity index is 3.61. The van der Waals surface area contributed by atoms with Gasteiger partial charge in [0, 0.05) is 6.61 Å². The SMILES string of the molecule is CCCCC/C=C\C/C=C\CCCCCCCCC(COCCCCCCCC/C=C\C[C@H](O)CCCCCC)OC(=O)O. The minimum Gasteiger partial charge on any atom is -0.450 e. The van der Waals surface area contributed by atoms with E-state index >= 15 is 0 Å². The van der Waals surface area contributed by atoms with Gasteiger partial charge in [-0.25, -0.2) is 4.79 Å². The maximum Gasteiger partial charge on any atom is 0.506 e. The zero-order valence-electron chi connectivity index (χ0n) is 29.0. The van der Waals surface area contributed by atoms with E-state index in [9.17, 15) is 9.90 Å². The van der Waals surface area contributed by atoms with E-state index < -0.39 is 6.16 Å². The molecule has 0 aliphatic heterocycles. The Morgan fingerprint density at radius 1 is 0.591 bits per heavy atom. The summed E-state index contributed by atoms with van der Waals surface area (Å²) in [5.41, 5.74) is 0. The zero-order chi connectivity index (χ0) is 32.2. The van der Waals surface area contributed by atoms with Crippen LogP contribution in [0, 0.1) is 0 Å². The summed E-state index contributed by atoms with van der Waals surface area (Å²) >= 11 is 0. The molecule has 258 valence electrons. The van der Waals surface area contributed by atoms with Gasteiger partial charge in [-0.2, -0.15) is 0 Å². The van der Waals surface area contributed by atoms with Gasteiger partial charge in [0.1, 0.15) is 6.10 Å². The van der Waals surface area contributed by atoms with Gasteiger partial charge in [-0.1, -0.05) is 140 Å². The Labute approximate surface area is 273 Å². The number of rotatable bonds is 34. The second kappa shape index (κ2) is 35.9. The van der Waals surface area contributed by atoms with Gasteiger partial charge in [-0.15, -0.1) is 0 Å². The van der Waals surface area contributed by atoms with Crippen molar-refractivity contribution in [3.05, 3.63) is 36.5 Å². The number of hydrogen-bond donors (Lipinski definition) is 2. The fourth-order valence-electron chi connectivity index (χ4n) is 5.36. The molecular weight excluding hydrogens is 548 g/mol. The van der Waals surface area contributed by atoms with Crippen molar-refractivity contribution < 1.29 is 24.5 Å². The highest BCUT2D eigenvalue weighted by Gasteiger charge is 2.13. The van der Waals surface area contributed by atoms with Gasteiger partial charge in [-0.3, -0.25) is 0 Å². The monoisotopic (exact) mass is 621 g/mol. The van der Waals surface area contributed by atoms with Gasteiger partial charge >= 0.3 is 6.16 Å². The second-order valence-corrected chi connectivity index (χ2v) is 12.6. The highest BCUT2D eigenvalue weighted by atomic mass is 16.7. The fourth-order valence-corrected chi connectivity index (χ4v) is 5.36. The number of aliphatic hydroxyl groups excluding tert-OH is 1. The van der Waals surface area contributed by atoms with E-state index in [1.807, 2.05) is 0 Å². The molecule has 0 saturated heterocycles. The summed E-state index contributed by atoms with van der Waals surface area (Å²) in [6, 6.07) is 0. The van der Waals surface area contributed by atoms with E-state index in [0.717, 1.165) is 64.2 Å². The lowest BCUT2D eigenvalue weighted by Gasteiger charge is -2.16. The lowest BCUT2D eigenvalue weighted by molar-refractivity contribution is -0.00676. The van der Waals surface area contributed by atoms with Crippen LogP contribution in [-0.2, 0) is 9.47 Å². The van der Waals surface area contributed by atoms with Gasteiger partial charge in [-0.05, 0) is 77.0 Å². The molecule has 5 nitrogen and oxygen atoms in total. The van der Waals surface area contributed by atoms with Crippen LogP contribution in [0.15, 0.2) is 36.5 Å². The van der Waals surface area contributed by atoms with E-state index in [1.54, 1.807) is 0 Å². The summed E-state index contributed by atoms with van der Waals surface area (Å²) < 4.78 is 10.8. The van der Waals surface area contributed by atoms with Crippen molar-refractivity contribution >= 4 is 6.16 Å². The number of ether oxygens (including phenoxy) is 2. The molecular formula is C39H72O5. The molecule has 5 heteroatoms. The fraction of sp³-hybridized carbons (Fsp3) is 0.821. The smallest absolute Gasteiger partial charge is 0.450 e. The number of hydrogen-bond acceptors (Lipinski definition) is 4. The first-order valence-electron chi connectivity index (χ1n) is 18.7. The van der Waals surface area contributed by atoms with Crippen LogP contribution in [0.25, 0.3) is 0 Å². The van der Waals surface area contributed by atoms with Crippen molar-refractivity contribution in [2.75, 3.05) is 13.2 Å². The second-order valence-electron chi connectivity index (χ2n) is 12.6. The third-order valence-electron chi connectivity index (χ3n) is 8.17. The number of allylic oxidation sites excluding steroid dienone is 5. The molecule has 0 aromatic heterocycles. The van der Waals surface area contributed by atoms with Crippen molar-refractivity contribution in [3.63, 3.8) is 0 Å². The van der Waals surface area contributed by atoms with Crippen LogP contribution in [0.3, 0.4) is 0 Å². The first-order valence-corrected chi connectivity index (χ1v) is 18.7. The predicted octanol–water partition coefficient (Wildman–Crippen LogP) is 12.3. The van der Waals surface area contributed by atoms with Crippen LogP contribution < -0.4 is 0 Å². The van der Waals surface area contributed by atoms with E-state index in [2.05, 4.69) is 50.3 Å². The molecule has 0 aliphatic carbocycles. The molecule has 0 spiro atoms. The molecule has 1 unspecified atom stereocenters. The molecule has 0 fully saturated rings. The van der Waals surface area contributed by atoms with E-state index in [-0.39, 0.29) is 12.2 Å². The molecule has 0 aromatic rings. The zero-order valence-corrected chi connectivity index (χ0v) is 29.0. The Kier molecular flexibility index (Phi) is 34.6. The topological polar surface area (TPSA) is 76.0 Å². The van der Waals surface area contributed by atoms with Crippen molar-refractivity contribution in [1.82, 2.24) is 0 Å². The minimum absolute atomic E-state index is 0.174. The van der Waals surface area contributed by atoms with Crippen molar-refractivity contribution in [3.8, 4) is 0 Å². The Morgan fingerprint density at radius 2 is 1.07 bits per heavy atom. The van der Waals surface area contributed by atoms with Crippen LogP contribution in [0.2, 0.25) is 0 Å². The molecule has 0 bridgehead atoms. The van der Waals surface area contributed by atoms with E-state index in [1.165, 1.54) is 103 Å². The highest BCUT2D eigenvalue weighted by molar-refractivity contribution is 5.57. The van der Waals surface area contributed by atoms with Gasteiger partial charge in [0.2, 0.25) is 0 Å². The van der Waals surface area contributed by atoms with Gasteiger partial charge in [0.05, 0.1) is 12.7 Å². The summed E-state index contributed by atoms with van der Waals surface area (Å²) in [6.45, 7) is 5.50. The quantitative estimate of drug-likeness (QED) is 0.0425. The first-order chi connectivity index (χ1) is 21.6. The van der Waals surface area contributed by atoms with Crippen molar-refractivity contribution in [2.45, 2.75) is 193 Å². The maximum absolute atomic E-state index is 11.1. The maximum atomic E-state index is 11.1. The molecule has 0 radical (unpaired) electrons. The molecule has 2 N–H and O–H groups in total. The van der Waals surface area contributed by atoms with Gasteiger partial charge < -0.3 is 19.7 Å². The predicted molar refractivity (Wildman–Crippen MR) is 189 cm³/mol. The molecule has 44 heavy (non-hydrogen) atoms. The van der Waals surface area contributed by atoms with E-state index in [0.29, 0.717) is 13.2 Å². The molecule has 0 heterocycles. The number of unbranched alkanes of at least 4 members (excludes halogenated alkanes) is 18. The summed E-state index contributed by atoms with van der Waals surface area (Å²) in [7, 11) is 0. The summed E-state index contributed by atoms with van der Waals surface area (Å²) in [4.78, 5) is 11.1. The van der Waals surface area contributed by atoms with E-state index in [4.69, 9.17) is 14.6 Å². The Morgan fingerprint density at radius 3 is 1.68 bits per heavy atom. The molecule has 0 rings (SSSR count). The average Bonchev–Trinajstić information content (AvgIpc) is 3.00. The molecule has 0 amide bonds. The molecule has 0 aliphatic rings. The molecule has 2 atom stereocenters. The van der Waals surface area contributed by atoms with Crippen LogP contribution in [0.4, 0.5) is 4.79 Å². The Hall–Kier alpha value is -1.59. The highest BCUT2D eigenvalue weighted by Crippen LogP contribution is 2.14. The van der Waals surface area contributed by atoms with Crippen molar-refractivity contribution in [1.29, 1.82) is 0 Å². The van der Waals surface area contributed by atoms with Crippen LogP contribution in [0.1, 0.15) is 181 Å². The summed E-state index contributed by atoms with van der Waals surface area (Å²) in [5, 5.41) is 19.1. The lowest BCUT2D eigenvalue weighted by Crippen LogP contribution is -2.23. The third kappa shape index (κ3) is 34.9. The number of aliphatic hydroxyl groups is 1. The first kappa shape index (κ1) is 42.4. The number of carboxylic acid groups (broad SMARTS) is 1. The minimum atomic E-state index is -1.20. The van der Waals surface area contributed by atoms with Crippen molar-refractivity contribution in [2.24, 2.45) is 0 Å². The normalized spacial score (nSPS) is 13.4. The largest absolute Gasteiger partial charge is 0.506 e. The standard InChI is InChI=1S/C39H72O5/c1-3-5-7-9-10-11-12-13-14-15-16-17-20-23-26-30-34-38(44-39(41)42)36-43-35-31-27-24-21-18-19-22-25-29-33-37(40)32-28-8-6-4-2/h10-11,13-14,25,29,37-38,40H,3-9,12,15-24,26-28,30-36H2,1-2H3,(H,41,42)/b11-10-,14-13-,29-25-/t37-,38?/m1/s1. The van der Waals surface area contributed by atoms with Crippen LogP contribution in [0.5, 0.6) is 0 Å². The van der Waals surface area contributed by atoms with Gasteiger partial charge in [0.25, 0.3) is 0 Å². The Bertz CT molecular complexity index is 671. The van der Waals surface area contributed by atoms with Crippen LogP contribution >= 0.6 is 0 Å². The third-order valence-corrected chi connectivity index (χ3v) is 8.17. The van der Waals surface area contributed by atoms with Gasteiger partial charge in [0.15, 0.2) is 0 Å². The average molecular weight is 621 g/mol. The lowest BCUT2D eigenvalue weighted by atomic mass is 10.1. The summed E-state index contributed by atoms with van der Waals surface area (Å²) in [5.74, 6) is 0. The summed E-state index contributed by atoms with van der Waals surface area (Å²) in [6.07, 6.45) is 41.8. The number of carbonyl (C=O) groups is 1. The van der Waals surface area contributed by atoms with Crippen LogP contribution in [-0.4, -0.2) is 41.8 Å².